The molecule has 3 rings (SSSR count). The van der Waals surface area contributed by atoms with Gasteiger partial charge in [-0.25, -0.2) is 4.68 Å². The summed E-state index contributed by atoms with van der Waals surface area (Å²) in [6.45, 7) is 0.475. The number of nitrogens with one attached hydrogen (secondary N) is 2. The van der Waals surface area contributed by atoms with Gasteiger partial charge in [0.25, 0.3) is 0 Å². The van der Waals surface area contributed by atoms with Crippen LogP contribution in [0.1, 0.15) is 38.5 Å². The summed E-state index contributed by atoms with van der Waals surface area (Å²) in [4.78, 5) is 24.5. The molecule has 156 valence electrons. The Bertz CT molecular complexity index is 829. The summed E-state index contributed by atoms with van der Waals surface area (Å²) < 4.78 is 1.56. The number of carbonyl (C=O) groups is 2. The van der Waals surface area contributed by atoms with Crippen LogP contribution in [-0.2, 0) is 16.1 Å². The summed E-state index contributed by atoms with van der Waals surface area (Å²) in [5, 5.41) is 20.1. The van der Waals surface area contributed by atoms with E-state index in [9.17, 15) is 14.7 Å². The maximum atomic E-state index is 12.3. The standard InChI is InChI=1S/C21H27ClN4O3/c22-17-8-6-15(7-9-17)18-14-19(26(25-18)12-13-27)24-20(28)10-11-23-21(29)16-4-2-1-3-5-16/h6-9,14,16,27H,1-5,10-13H2,(H,23,29)(H,24,28). The van der Waals surface area contributed by atoms with E-state index in [4.69, 9.17) is 11.6 Å². The second kappa shape index (κ2) is 10.4. The van der Waals surface area contributed by atoms with Gasteiger partial charge in [0.15, 0.2) is 0 Å². The fraction of sp³-hybridized carbons (Fsp3) is 0.476. The zero-order valence-corrected chi connectivity index (χ0v) is 17.1. The molecule has 1 aliphatic rings. The highest BCUT2D eigenvalue weighted by molar-refractivity contribution is 6.30. The molecule has 8 heteroatoms. The van der Waals surface area contributed by atoms with E-state index in [2.05, 4.69) is 15.7 Å². The van der Waals surface area contributed by atoms with Crippen molar-refractivity contribution in [3.63, 3.8) is 0 Å². The number of nitrogens with zero attached hydrogens (tertiary/aromatic N) is 2. The fourth-order valence-corrected chi connectivity index (χ4v) is 3.68. The molecule has 1 heterocycles. The van der Waals surface area contributed by atoms with Crippen LogP contribution in [0.4, 0.5) is 5.82 Å². The lowest BCUT2D eigenvalue weighted by molar-refractivity contribution is -0.126. The average Bonchev–Trinajstić information content (AvgIpc) is 3.11. The maximum Gasteiger partial charge on any atom is 0.227 e. The molecule has 2 aromatic rings. The van der Waals surface area contributed by atoms with Crippen molar-refractivity contribution in [3.05, 3.63) is 35.4 Å². The molecule has 0 aliphatic heterocycles. The van der Waals surface area contributed by atoms with E-state index in [0.29, 0.717) is 23.1 Å². The third-order valence-corrected chi connectivity index (χ3v) is 5.38. The van der Waals surface area contributed by atoms with Crippen molar-refractivity contribution in [3.8, 4) is 11.3 Å². The summed E-state index contributed by atoms with van der Waals surface area (Å²) >= 11 is 5.93. The van der Waals surface area contributed by atoms with Gasteiger partial charge in [0, 0.05) is 35.5 Å². The molecule has 0 bridgehead atoms. The van der Waals surface area contributed by atoms with E-state index < -0.39 is 0 Å². The van der Waals surface area contributed by atoms with Gasteiger partial charge < -0.3 is 15.7 Å². The van der Waals surface area contributed by atoms with Gasteiger partial charge in [-0.05, 0) is 25.0 Å². The third kappa shape index (κ3) is 6.05. The quantitative estimate of drug-likeness (QED) is 0.613. The minimum atomic E-state index is -0.212. The molecule has 1 aliphatic carbocycles. The Hall–Kier alpha value is -2.38. The molecule has 1 fully saturated rings. The van der Waals surface area contributed by atoms with Gasteiger partial charge in [0.05, 0.1) is 18.8 Å². The number of aliphatic hydroxyl groups is 1. The highest BCUT2D eigenvalue weighted by atomic mass is 35.5. The Morgan fingerprint density at radius 2 is 1.90 bits per heavy atom. The lowest BCUT2D eigenvalue weighted by atomic mass is 9.89. The summed E-state index contributed by atoms with van der Waals surface area (Å²) in [5.41, 5.74) is 1.54. The van der Waals surface area contributed by atoms with Crippen LogP contribution in [0.15, 0.2) is 30.3 Å². The monoisotopic (exact) mass is 418 g/mol. The molecule has 1 saturated carbocycles. The molecular formula is C21H27ClN4O3. The number of hydrogen-bond acceptors (Lipinski definition) is 4. The van der Waals surface area contributed by atoms with Crippen molar-refractivity contribution < 1.29 is 14.7 Å². The van der Waals surface area contributed by atoms with E-state index >= 15 is 0 Å². The molecule has 2 amide bonds. The second-order valence-corrected chi connectivity index (χ2v) is 7.73. The van der Waals surface area contributed by atoms with Crippen LogP contribution < -0.4 is 10.6 Å². The van der Waals surface area contributed by atoms with Crippen LogP contribution in [0.3, 0.4) is 0 Å². The number of halogens is 1. The Morgan fingerprint density at radius 1 is 1.17 bits per heavy atom. The first kappa shape index (κ1) is 21.3. The van der Waals surface area contributed by atoms with Crippen molar-refractivity contribution in [2.24, 2.45) is 5.92 Å². The molecule has 1 aromatic carbocycles. The van der Waals surface area contributed by atoms with Gasteiger partial charge in [-0.3, -0.25) is 9.59 Å². The van der Waals surface area contributed by atoms with E-state index in [1.165, 1.54) is 6.42 Å². The Balaban J connectivity index is 1.56. The van der Waals surface area contributed by atoms with E-state index in [1.54, 1.807) is 22.9 Å². The number of benzene rings is 1. The van der Waals surface area contributed by atoms with Crippen LogP contribution in [0.25, 0.3) is 11.3 Å². The first-order chi connectivity index (χ1) is 14.1. The second-order valence-electron chi connectivity index (χ2n) is 7.29. The SMILES string of the molecule is O=C(CCNC(=O)C1CCCCC1)Nc1cc(-c2ccc(Cl)cc2)nn1CCO. The minimum absolute atomic E-state index is 0.0489. The Kier molecular flexibility index (Phi) is 7.66. The van der Waals surface area contributed by atoms with Crippen molar-refractivity contribution in [2.45, 2.75) is 45.1 Å². The van der Waals surface area contributed by atoms with E-state index in [0.717, 1.165) is 31.2 Å². The van der Waals surface area contributed by atoms with Gasteiger partial charge >= 0.3 is 0 Å². The summed E-state index contributed by atoms with van der Waals surface area (Å²) in [5.74, 6) is 0.427. The molecule has 3 N–H and O–H groups in total. The summed E-state index contributed by atoms with van der Waals surface area (Å²) in [6.07, 6.45) is 5.45. The van der Waals surface area contributed by atoms with Gasteiger partial charge in [0.2, 0.25) is 11.8 Å². The highest BCUT2D eigenvalue weighted by Crippen LogP contribution is 2.24. The van der Waals surface area contributed by atoms with Crippen LogP contribution in [0, 0.1) is 5.92 Å². The number of aliphatic hydroxyl groups excluding tert-OH is 1. The van der Waals surface area contributed by atoms with Gasteiger partial charge in [-0.15, -0.1) is 0 Å². The Morgan fingerprint density at radius 3 is 2.59 bits per heavy atom. The van der Waals surface area contributed by atoms with Crippen molar-refractivity contribution in [1.29, 1.82) is 0 Å². The molecule has 0 saturated heterocycles. The molecule has 0 atom stereocenters. The summed E-state index contributed by atoms with van der Waals surface area (Å²) in [6, 6.07) is 9.00. The first-order valence-electron chi connectivity index (χ1n) is 10.1. The number of aromatic nitrogens is 2. The highest BCUT2D eigenvalue weighted by Gasteiger charge is 2.20. The van der Waals surface area contributed by atoms with E-state index in [1.807, 2.05) is 12.1 Å². The first-order valence-corrected chi connectivity index (χ1v) is 10.5. The molecule has 0 spiro atoms. The van der Waals surface area contributed by atoms with Crippen LogP contribution in [-0.4, -0.2) is 39.9 Å². The van der Waals surface area contributed by atoms with Gasteiger partial charge in [0.1, 0.15) is 5.82 Å². The zero-order valence-electron chi connectivity index (χ0n) is 16.4. The maximum absolute atomic E-state index is 12.3. The van der Waals surface area contributed by atoms with Crippen LogP contribution in [0.2, 0.25) is 5.02 Å². The van der Waals surface area contributed by atoms with Crippen molar-refractivity contribution >= 4 is 29.2 Å². The minimum Gasteiger partial charge on any atom is -0.394 e. The van der Waals surface area contributed by atoms with E-state index in [-0.39, 0.29) is 37.3 Å². The molecule has 7 nitrogen and oxygen atoms in total. The molecule has 0 radical (unpaired) electrons. The Labute approximate surface area is 175 Å². The number of anilines is 1. The lowest BCUT2D eigenvalue weighted by Gasteiger charge is -2.20. The summed E-state index contributed by atoms with van der Waals surface area (Å²) in [7, 11) is 0. The molecular weight excluding hydrogens is 392 g/mol. The predicted molar refractivity (Wildman–Crippen MR) is 113 cm³/mol. The molecule has 29 heavy (non-hydrogen) atoms. The lowest BCUT2D eigenvalue weighted by Crippen LogP contribution is -2.34. The van der Waals surface area contributed by atoms with Crippen LogP contribution >= 0.6 is 11.6 Å². The number of rotatable bonds is 8. The zero-order chi connectivity index (χ0) is 20.6. The normalized spacial score (nSPS) is 14.6. The largest absolute Gasteiger partial charge is 0.394 e. The topological polar surface area (TPSA) is 96.3 Å². The van der Waals surface area contributed by atoms with Crippen molar-refractivity contribution in [1.82, 2.24) is 15.1 Å². The number of hydrogen-bond donors (Lipinski definition) is 3. The predicted octanol–water partition coefficient (Wildman–Crippen LogP) is 3.22. The molecule has 0 unspecified atom stereocenters. The third-order valence-electron chi connectivity index (χ3n) is 5.13. The van der Waals surface area contributed by atoms with Crippen LogP contribution in [0.5, 0.6) is 0 Å². The number of amides is 2. The molecule has 1 aromatic heterocycles. The van der Waals surface area contributed by atoms with Crippen molar-refractivity contribution in [2.75, 3.05) is 18.5 Å². The van der Waals surface area contributed by atoms with Gasteiger partial charge in [-0.1, -0.05) is 43.0 Å². The average molecular weight is 419 g/mol. The number of carbonyl (C=O) groups excluding carboxylic acids is 2. The smallest absolute Gasteiger partial charge is 0.227 e. The van der Waals surface area contributed by atoms with Gasteiger partial charge in [-0.2, -0.15) is 5.10 Å². The fourth-order valence-electron chi connectivity index (χ4n) is 3.56.